The molecule has 2 rings (SSSR count). The van der Waals surface area contributed by atoms with E-state index < -0.39 is 0 Å². The van der Waals surface area contributed by atoms with Crippen molar-refractivity contribution < 1.29 is 9.90 Å². The van der Waals surface area contributed by atoms with E-state index in [0.717, 1.165) is 51.6 Å². The van der Waals surface area contributed by atoms with Crippen molar-refractivity contribution in [2.24, 2.45) is 0 Å². The molecule has 6 nitrogen and oxygen atoms in total. The van der Waals surface area contributed by atoms with Gasteiger partial charge < -0.3 is 15.7 Å². The van der Waals surface area contributed by atoms with Gasteiger partial charge in [0, 0.05) is 25.9 Å². The number of rotatable bonds is 8. The number of carbonyl (C=O) groups is 1. The van der Waals surface area contributed by atoms with E-state index in [9.17, 15) is 4.79 Å². The molecule has 1 aliphatic heterocycles. The van der Waals surface area contributed by atoms with Gasteiger partial charge in [-0.1, -0.05) is 12.8 Å². The van der Waals surface area contributed by atoms with Crippen molar-refractivity contribution in [3.05, 3.63) is 18.0 Å². The molecule has 126 valence electrons. The third kappa shape index (κ3) is 5.94. The van der Waals surface area contributed by atoms with Crippen molar-refractivity contribution >= 4 is 18.3 Å². The fourth-order valence-corrected chi connectivity index (χ4v) is 2.60. The van der Waals surface area contributed by atoms with E-state index in [4.69, 9.17) is 5.11 Å². The molecule has 1 saturated heterocycles. The minimum absolute atomic E-state index is 0. The van der Waals surface area contributed by atoms with Gasteiger partial charge in [0.25, 0.3) is 5.91 Å². The molecule has 22 heavy (non-hydrogen) atoms. The highest BCUT2D eigenvalue weighted by Crippen LogP contribution is 2.15. The second-order valence-corrected chi connectivity index (χ2v) is 5.57. The van der Waals surface area contributed by atoms with Crippen LogP contribution in [0.2, 0.25) is 0 Å². The maximum absolute atomic E-state index is 12.0. The lowest BCUT2D eigenvalue weighted by Gasteiger charge is -2.22. The predicted octanol–water partition coefficient (Wildman–Crippen LogP) is 1.51. The quantitative estimate of drug-likeness (QED) is 0.631. The van der Waals surface area contributed by atoms with E-state index in [-0.39, 0.29) is 24.9 Å². The van der Waals surface area contributed by atoms with Crippen LogP contribution in [0.5, 0.6) is 0 Å². The molecule has 1 atom stereocenters. The number of unbranched alkanes of at least 4 members (excludes halogenated alkanes) is 3. The monoisotopic (exact) mass is 330 g/mol. The molecule has 0 aliphatic carbocycles. The lowest BCUT2D eigenvalue weighted by molar-refractivity contribution is 0.0946. The van der Waals surface area contributed by atoms with Gasteiger partial charge in [-0.15, -0.1) is 12.4 Å². The normalized spacial score (nSPS) is 17.8. The molecule has 0 bridgehead atoms. The van der Waals surface area contributed by atoms with Gasteiger partial charge in [0.1, 0.15) is 5.69 Å². The number of hydrogen-bond donors (Lipinski definition) is 3. The Kier molecular flexibility index (Phi) is 9.11. The summed E-state index contributed by atoms with van der Waals surface area (Å²) in [5, 5.41) is 19.3. The fraction of sp³-hybridized carbons (Fsp3) is 0.733. The average molecular weight is 331 g/mol. The van der Waals surface area contributed by atoms with Gasteiger partial charge in [0.15, 0.2) is 0 Å². The first kappa shape index (κ1) is 18.9. The number of aliphatic hydroxyl groups is 1. The molecule has 2 heterocycles. The number of amides is 1. The summed E-state index contributed by atoms with van der Waals surface area (Å²) in [5.74, 6) is -0.0975. The number of nitrogens with one attached hydrogen (secondary N) is 2. The fourth-order valence-electron chi connectivity index (χ4n) is 2.60. The standard InChI is InChI=1S/C15H26N4O2.ClH/c20-11-4-2-1-3-9-17-15(21)14-7-10-19(18-14)13-6-5-8-16-12-13;/h7,10,13,16,20H,1-6,8-9,11-12H2,(H,17,21);1H. The molecule has 7 heteroatoms. The minimum Gasteiger partial charge on any atom is -0.396 e. The Balaban J connectivity index is 0.00000242. The van der Waals surface area contributed by atoms with Gasteiger partial charge in [0.05, 0.1) is 6.04 Å². The molecule has 0 spiro atoms. The Morgan fingerprint density at radius 1 is 1.41 bits per heavy atom. The molecule has 3 N–H and O–H groups in total. The Bertz CT molecular complexity index is 433. The maximum Gasteiger partial charge on any atom is 0.271 e. The van der Waals surface area contributed by atoms with Crippen LogP contribution in [-0.2, 0) is 0 Å². The number of hydrogen-bond acceptors (Lipinski definition) is 4. The summed E-state index contributed by atoms with van der Waals surface area (Å²) < 4.78 is 1.91. The second-order valence-electron chi connectivity index (χ2n) is 5.57. The zero-order chi connectivity index (χ0) is 14.9. The summed E-state index contributed by atoms with van der Waals surface area (Å²) in [7, 11) is 0. The van der Waals surface area contributed by atoms with E-state index in [1.54, 1.807) is 6.07 Å². The van der Waals surface area contributed by atoms with Gasteiger partial charge in [-0.3, -0.25) is 9.48 Å². The van der Waals surface area contributed by atoms with Crippen molar-refractivity contribution in [1.29, 1.82) is 0 Å². The summed E-state index contributed by atoms with van der Waals surface area (Å²) in [6.07, 6.45) is 7.99. The maximum atomic E-state index is 12.0. The van der Waals surface area contributed by atoms with E-state index in [0.29, 0.717) is 18.3 Å². The van der Waals surface area contributed by atoms with Gasteiger partial charge in [0.2, 0.25) is 0 Å². The number of aromatic nitrogens is 2. The Hall–Kier alpha value is -1.11. The first-order valence-corrected chi connectivity index (χ1v) is 7.96. The number of aliphatic hydroxyl groups excluding tert-OH is 1. The highest BCUT2D eigenvalue weighted by molar-refractivity contribution is 5.92. The van der Waals surface area contributed by atoms with Gasteiger partial charge in [-0.25, -0.2) is 0 Å². The molecule has 1 fully saturated rings. The minimum atomic E-state index is -0.0975. The zero-order valence-corrected chi connectivity index (χ0v) is 13.8. The lowest BCUT2D eigenvalue weighted by Crippen LogP contribution is -2.32. The van der Waals surface area contributed by atoms with Gasteiger partial charge in [-0.05, 0) is 38.3 Å². The molecular weight excluding hydrogens is 304 g/mol. The van der Waals surface area contributed by atoms with Crippen LogP contribution in [0.1, 0.15) is 55.1 Å². The first-order chi connectivity index (χ1) is 10.3. The van der Waals surface area contributed by atoms with Crippen LogP contribution in [0, 0.1) is 0 Å². The van der Waals surface area contributed by atoms with Crippen molar-refractivity contribution in [2.75, 3.05) is 26.2 Å². The highest BCUT2D eigenvalue weighted by atomic mass is 35.5. The zero-order valence-electron chi connectivity index (χ0n) is 13.0. The Morgan fingerprint density at radius 3 is 2.95 bits per heavy atom. The highest BCUT2D eigenvalue weighted by Gasteiger charge is 2.17. The van der Waals surface area contributed by atoms with Crippen LogP contribution in [-0.4, -0.2) is 47.0 Å². The summed E-state index contributed by atoms with van der Waals surface area (Å²) in [6.45, 7) is 2.91. The van der Waals surface area contributed by atoms with Gasteiger partial charge >= 0.3 is 0 Å². The smallest absolute Gasteiger partial charge is 0.271 e. The van der Waals surface area contributed by atoms with Crippen LogP contribution in [0.4, 0.5) is 0 Å². The van der Waals surface area contributed by atoms with Crippen LogP contribution in [0.3, 0.4) is 0 Å². The van der Waals surface area contributed by atoms with Crippen LogP contribution < -0.4 is 10.6 Å². The summed E-state index contributed by atoms with van der Waals surface area (Å²) in [5.41, 5.74) is 0.496. The third-order valence-electron chi connectivity index (χ3n) is 3.86. The van der Waals surface area contributed by atoms with E-state index >= 15 is 0 Å². The van der Waals surface area contributed by atoms with E-state index in [1.165, 1.54) is 0 Å². The van der Waals surface area contributed by atoms with Crippen molar-refractivity contribution in [1.82, 2.24) is 20.4 Å². The lowest BCUT2D eigenvalue weighted by atomic mass is 10.1. The van der Waals surface area contributed by atoms with Crippen LogP contribution in [0.25, 0.3) is 0 Å². The molecular formula is C15H27ClN4O2. The van der Waals surface area contributed by atoms with Crippen LogP contribution in [0.15, 0.2) is 12.3 Å². The number of halogens is 1. The number of piperidine rings is 1. The SMILES string of the molecule is Cl.O=C(NCCCCCCO)c1ccn(C2CCCNC2)n1. The van der Waals surface area contributed by atoms with Crippen molar-refractivity contribution in [3.63, 3.8) is 0 Å². The van der Waals surface area contributed by atoms with Gasteiger partial charge in [-0.2, -0.15) is 5.10 Å². The molecule has 1 aliphatic rings. The largest absolute Gasteiger partial charge is 0.396 e. The van der Waals surface area contributed by atoms with Crippen molar-refractivity contribution in [2.45, 2.75) is 44.6 Å². The summed E-state index contributed by atoms with van der Waals surface area (Å²) >= 11 is 0. The second kappa shape index (κ2) is 10.6. The van der Waals surface area contributed by atoms with Crippen molar-refractivity contribution in [3.8, 4) is 0 Å². The van der Waals surface area contributed by atoms with E-state index in [2.05, 4.69) is 15.7 Å². The number of nitrogens with zero attached hydrogens (tertiary/aromatic N) is 2. The molecule has 1 aromatic rings. The topological polar surface area (TPSA) is 79.2 Å². The molecule has 1 unspecified atom stereocenters. The Morgan fingerprint density at radius 2 is 2.23 bits per heavy atom. The molecule has 1 amide bonds. The molecule has 0 radical (unpaired) electrons. The summed E-state index contributed by atoms with van der Waals surface area (Å²) in [6, 6.07) is 2.15. The average Bonchev–Trinajstić information content (AvgIpc) is 3.01. The predicted molar refractivity (Wildman–Crippen MR) is 88.5 cm³/mol. The first-order valence-electron chi connectivity index (χ1n) is 7.96. The summed E-state index contributed by atoms with van der Waals surface area (Å²) in [4.78, 5) is 12.0. The molecule has 1 aromatic heterocycles. The third-order valence-corrected chi connectivity index (χ3v) is 3.86. The Labute approximate surface area is 138 Å². The molecule has 0 aromatic carbocycles. The van der Waals surface area contributed by atoms with E-state index in [1.807, 2.05) is 10.9 Å². The number of carbonyl (C=O) groups excluding carboxylic acids is 1. The molecule has 0 saturated carbocycles. The van der Waals surface area contributed by atoms with Crippen LogP contribution >= 0.6 is 12.4 Å².